The molecule has 0 bridgehead atoms. The fourth-order valence-corrected chi connectivity index (χ4v) is 1.92. The van der Waals surface area contributed by atoms with Crippen molar-refractivity contribution in [2.75, 3.05) is 5.73 Å². The molecule has 3 N–H and O–H groups in total. The first-order valence-electron chi connectivity index (χ1n) is 6.34. The van der Waals surface area contributed by atoms with E-state index in [2.05, 4.69) is 5.32 Å². The lowest BCUT2D eigenvalue weighted by atomic mass is 10.0. The number of amides is 1. The summed E-state index contributed by atoms with van der Waals surface area (Å²) in [5, 5.41) is 2.92. The summed E-state index contributed by atoms with van der Waals surface area (Å²) in [5.41, 5.74) is 8.50. The van der Waals surface area contributed by atoms with Gasteiger partial charge in [-0.05, 0) is 24.1 Å². The maximum atomic E-state index is 12.1. The van der Waals surface area contributed by atoms with Crippen LogP contribution < -0.4 is 11.1 Å². The molecule has 0 saturated heterocycles. The van der Waals surface area contributed by atoms with Crippen LogP contribution in [0.15, 0.2) is 54.6 Å². The van der Waals surface area contributed by atoms with Crippen LogP contribution >= 0.6 is 0 Å². The Balaban J connectivity index is 1.97. The summed E-state index contributed by atoms with van der Waals surface area (Å²) >= 11 is 0. The SMILES string of the molecule is CC(C(=O)NCc1ccccc1N)c1ccccc1. The van der Waals surface area contributed by atoms with Gasteiger partial charge in [0.1, 0.15) is 0 Å². The van der Waals surface area contributed by atoms with E-state index < -0.39 is 0 Å². The molecule has 0 heterocycles. The van der Waals surface area contributed by atoms with E-state index in [1.165, 1.54) is 0 Å². The molecule has 1 atom stereocenters. The lowest BCUT2D eigenvalue weighted by Crippen LogP contribution is -2.27. The van der Waals surface area contributed by atoms with Gasteiger partial charge in [-0.1, -0.05) is 48.5 Å². The highest BCUT2D eigenvalue weighted by Gasteiger charge is 2.14. The second kappa shape index (κ2) is 6.05. The number of carbonyl (C=O) groups is 1. The minimum atomic E-state index is -0.161. The zero-order valence-corrected chi connectivity index (χ0v) is 11.0. The second-order valence-electron chi connectivity index (χ2n) is 4.55. The Hall–Kier alpha value is -2.29. The number of nitrogen functional groups attached to an aromatic ring is 1. The Labute approximate surface area is 113 Å². The van der Waals surface area contributed by atoms with Gasteiger partial charge in [0.2, 0.25) is 5.91 Å². The van der Waals surface area contributed by atoms with Crippen LogP contribution in [0.3, 0.4) is 0 Å². The van der Waals surface area contributed by atoms with Crippen molar-refractivity contribution in [2.45, 2.75) is 19.4 Å². The standard InChI is InChI=1S/C16H18N2O/c1-12(13-7-3-2-4-8-13)16(19)18-11-14-9-5-6-10-15(14)17/h2-10,12H,11,17H2,1H3,(H,18,19). The van der Waals surface area contributed by atoms with Crippen molar-refractivity contribution in [3.8, 4) is 0 Å². The van der Waals surface area contributed by atoms with E-state index in [0.717, 1.165) is 11.1 Å². The van der Waals surface area contributed by atoms with E-state index in [9.17, 15) is 4.79 Å². The third-order valence-electron chi connectivity index (χ3n) is 3.20. The lowest BCUT2D eigenvalue weighted by molar-refractivity contribution is -0.122. The number of benzene rings is 2. The molecule has 0 radical (unpaired) electrons. The molecule has 0 fully saturated rings. The molecular weight excluding hydrogens is 236 g/mol. The number of nitrogens with one attached hydrogen (secondary N) is 1. The van der Waals surface area contributed by atoms with Crippen LogP contribution in [-0.2, 0) is 11.3 Å². The van der Waals surface area contributed by atoms with E-state index in [0.29, 0.717) is 12.2 Å². The van der Waals surface area contributed by atoms with E-state index in [-0.39, 0.29) is 11.8 Å². The molecule has 3 nitrogen and oxygen atoms in total. The molecule has 0 spiro atoms. The fourth-order valence-electron chi connectivity index (χ4n) is 1.92. The van der Waals surface area contributed by atoms with Crippen LogP contribution in [0.25, 0.3) is 0 Å². The van der Waals surface area contributed by atoms with Gasteiger partial charge < -0.3 is 11.1 Å². The molecular formula is C16H18N2O. The summed E-state index contributed by atoms with van der Waals surface area (Å²) in [6.07, 6.45) is 0. The number of carbonyl (C=O) groups excluding carboxylic acids is 1. The molecule has 0 aliphatic heterocycles. The highest BCUT2D eigenvalue weighted by Crippen LogP contribution is 2.15. The number of hydrogen-bond donors (Lipinski definition) is 2. The number of nitrogens with two attached hydrogens (primary N) is 1. The van der Waals surface area contributed by atoms with Gasteiger partial charge in [-0.2, -0.15) is 0 Å². The molecule has 0 aliphatic carbocycles. The Morgan fingerprint density at radius 1 is 1.11 bits per heavy atom. The Morgan fingerprint density at radius 2 is 1.74 bits per heavy atom. The van der Waals surface area contributed by atoms with Crippen LogP contribution in [0.2, 0.25) is 0 Å². The summed E-state index contributed by atoms with van der Waals surface area (Å²) in [4.78, 5) is 12.1. The van der Waals surface area contributed by atoms with Gasteiger partial charge in [0.15, 0.2) is 0 Å². The summed E-state index contributed by atoms with van der Waals surface area (Å²) in [5.74, 6) is -0.152. The number of para-hydroxylation sites is 1. The highest BCUT2D eigenvalue weighted by molar-refractivity contribution is 5.83. The van der Waals surface area contributed by atoms with Gasteiger partial charge in [0, 0.05) is 12.2 Å². The first-order valence-corrected chi connectivity index (χ1v) is 6.34. The third kappa shape index (κ3) is 3.35. The molecule has 3 heteroatoms. The summed E-state index contributed by atoms with van der Waals surface area (Å²) in [6, 6.07) is 17.3. The molecule has 19 heavy (non-hydrogen) atoms. The maximum Gasteiger partial charge on any atom is 0.227 e. The molecule has 0 aromatic heterocycles. The summed E-state index contributed by atoms with van der Waals surface area (Å²) in [7, 11) is 0. The van der Waals surface area contributed by atoms with Crippen molar-refractivity contribution in [2.24, 2.45) is 0 Å². The number of anilines is 1. The number of rotatable bonds is 4. The van der Waals surface area contributed by atoms with Gasteiger partial charge >= 0.3 is 0 Å². The van der Waals surface area contributed by atoms with Gasteiger partial charge in [0.25, 0.3) is 0 Å². The van der Waals surface area contributed by atoms with Gasteiger partial charge in [0.05, 0.1) is 5.92 Å². The topological polar surface area (TPSA) is 55.1 Å². The Bertz CT molecular complexity index is 552. The average Bonchev–Trinajstić information content (AvgIpc) is 2.46. The highest BCUT2D eigenvalue weighted by atomic mass is 16.1. The van der Waals surface area contributed by atoms with Crippen LogP contribution in [0.4, 0.5) is 5.69 Å². The van der Waals surface area contributed by atoms with Gasteiger partial charge in [-0.3, -0.25) is 4.79 Å². The van der Waals surface area contributed by atoms with Crippen molar-refractivity contribution in [3.05, 3.63) is 65.7 Å². The predicted molar refractivity (Wildman–Crippen MR) is 77.6 cm³/mol. The van der Waals surface area contributed by atoms with Crippen molar-refractivity contribution >= 4 is 11.6 Å². The van der Waals surface area contributed by atoms with Gasteiger partial charge in [-0.25, -0.2) is 0 Å². The quantitative estimate of drug-likeness (QED) is 0.824. The predicted octanol–water partition coefficient (Wildman–Crippen LogP) is 2.69. The third-order valence-corrected chi connectivity index (χ3v) is 3.20. The molecule has 0 saturated carbocycles. The van der Waals surface area contributed by atoms with E-state index >= 15 is 0 Å². The average molecular weight is 254 g/mol. The van der Waals surface area contributed by atoms with Crippen LogP contribution in [-0.4, -0.2) is 5.91 Å². The zero-order valence-electron chi connectivity index (χ0n) is 11.0. The normalized spacial score (nSPS) is 11.8. The van der Waals surface area contributed by atoms with Crippen molar-refractivity contribution in [3.63, 3.8) is 0 Å². The van der Waals surface area contributed by atoms with E-state index in [1.54, 1.807) is 0 Å². The van der Waals surface area contributed by atoms with Gasteiger partial charge in [-0.15, -0.1) is 0 Å². The molecule has 2 rings (SSSR count). The van der Waals surface area contributed by atoms with Crippen LogP contribution in [0, 0.1) is 0 Å². The lowest BCUT2D eigenvalue weighted by Gasteiger charge is -2.13. The molecule has 2 aromatic carbocycles. The minimum absolute atomic E-state index is 0.00875. The Kier molecular flexibility index (Phi) is 4.18. The Morgan fingerprint density at radius 3 is 2.42 bits per heavy atom. The molecule has 1 amide bonds. The molecule has 2 aromatic rings. The first kappa shape index (κ1) is 13.1. The zero-order chi connectivity index (χ0) is 13.7. The van der Waals surface area contributed by atoms with Crippen LogP contribution in [0.1, 0.15) is 24.0 Å². The van der Waals surface area contributed by atoms with Crippen molar-refractivity contribution in [1.29, 1.82) is 0 Å². The minimum Gasteiger partial charge on any atom is -0.398 e. The first-order chi connectivity index (χ1) is 9.18. The van der Waals surface area contributed by atoms with Crippen LogP contribution in [0.5, 0.6) is 0 Å². The monoisotopic (exact) mass is 254 g/mol. The van der Waals surface area contributed by atoms with E-state index in [1.807, 2.05) is 61.5 Å². The maximum absolute atomic E-state index is 12.1. The number of hydrogen-bond acceptors (Lipinski definition) is 2. The second-order valence-corrected chi connectivity index (χ2v) is 4.55. The van der Waals surface area contributed by atoms with E-state index in [4.69, 9.17) is 5.73 Å². The molecule has 1 unspecified atom stereocenters. The smallest absolute Gasteiger partial charge is 0.227 e. The molecule has 0 aliphatic rings. The summed E-state index contributed by atoms with van der Waals surface area (Å²) in [6.45, 7) is 2.36. The van der Waals surface area contributed by atoms with Crippen molar-refractivity contribution < 1.29 is 4.79 Å². The van der Waals surface area contributed by atoms with Crippen molar-refractivity contribution in [1.82, 2.24) is 5.32 Å². The fraction of sp³-hybridized carbons (Fsp3) is 0.188. The largest absolute Gasteiger partial charge is 0.398 e. The molecule has 98 valence electrons. The summed E-state index contributed by atoms with van der Waals surface area (Å²) < 4.78 is 0.